The number of aromatic amines is 1. The van der Waals surface area contributed by atoms with E-state index in [0.29, 0.717) is 18.1 Å². The van der Waals surface area contributed by atoms with E-state index in [2.05, 4.69) is 36.5 Å². The number of H-pyrrole nitrogens is 1. The molecule has 4 heterocycles. The van der Waals surface area contributed by atoms with E-state index >= 15 is 0 Å². The summed E-state index contributed by atoms with van der Waals surface area (Å²) in [5.41, 5.74) is 8.93. The molecule has 0 bridgehead atoms. The minimum absolute atomic E-state index is 0.149. The van der Waals surface area contributed by atoms with Crippen molar-refractivity contribution in [2.75, 3.05) is 25.4 Å². The van der Waals surface area contributed by atoms with Crippen molar-refractivity contribution >= 4 is 17.2 Å². The van der Waals surface area contributed by atoms with Gasteiger partial charge < -0.3 is 10.5 Å². The summed E-state index contributed by atoms with van der Waals surface area (Å²) < 4.78 is 5.85. The SMILES string of the molecule is Nc1nccnc1C1CN(Cc2cn[nH]c2-c2cccs2)CCO1. The molecule has 1 fully saturated rings. The maximum atomic E-state index is 5.94. The third kappa shape index (κ3) is 3.03. The fourth-order valence-electron chi connectivity index (χ4n) is 2.93. The standard InChI is InChI=1S/C16H18N6OS/c17-16-15(18-3-4-19-16)12-10-22(5-6-23-12)9-11-8-20-21-14(11)13-2-1-7-24-13/h1-4,7-8,12H,5-6,9-10H2,(H2,17,19)(H,20,21). The maximum Gasteiger partial charge on any atom is 0.147 e. The molecule has 0 spiro atoms. The Kier molecular flexibility index (Phi) is 4.24. The van der Waals surface area contributed by atoms with E-state index in [1.54, 1.807) is 23.7 Å². The lowest BCUT2D eigenvalue weighted by atomic mass is 10.1. The molecule has 3 aromatic heterocycles. The van der Waals surface area contributed by atoms with Gasteiger partial charge in [0.25, 0.3) is 0 Å². The fourth-order valence-corrected chi connectivity index (χ4v) is 3.68. The van der Waals surface area contributed by atoms with Gasteiger partial charge in [0, 0.05) is 37.6 Å². The Labute approximate surface area is 143 Å². The van der Waals surface area contributed by atoms with Crippen LogP contribution >= 0.6 is 11.3 Å². The van der Waals surface area contributed by atoms with Crippen molar-refractivity contribution in [2.45, 2.75) is 12.6 Å². The average Bonchev–Trinajstić information content (AvgIpc) is 3.27. The van der Waals surface area contributed by atoms with Crippen LogP contribution in [0.1, 0.15) is 17.4 Å². The van der Waals surface area contributed by atoms with Crippen LogP contribution in [0.3, 0.4) is 0 Å². The smallest absolute Gasteiger partial charge is 0.147 e. The number of thiophene rings is 1. The second-order valence-electron chi connectivity index (χ2n) is 5.67. The van der Waals surface area contributed by atoms with Crippen LogP contribution in [0.15, 0.2) is 36.1 Å². The molecule has 1 atom stereocenters. The highest BCUT2D eigenvalue weighted by Crippen LogP contribution is 2.29. The number of hydrogen-bond donors (Lipinski definition) is 2. The summed E-state index contributed by atoms with van der Waals surface area (Å²) in [5.74, 6) is 0.437. The minimum Gasteiger partial charge on any atom is -0.382 e. The summed E-state index contributed by atoms with van der Waals surface area (Å²) in [6, 6.07) is 4.15. The molecular formula is C16H18N6OS. The number of ether oxygens (including phenoxy) is 1. The summed E-state index contributed by atoms with van der Waals surface area (Å²) in [7, 11) is 0. The van der Waals surface area contributed by atoms with Gasteiger partial charge in [0.05, 0.1) is 23.4 Å². The molecule has 1 aliphatic heterocycles. The first-order valence-electron chi connectivity index (χ1n) is 7.77. The number of nitrogen functional groups attached to an aromatic ring is 1. The van der Waals surface area contributed by atoms with E-state index in [1.165, 1.54) is 10.4 Å². The van der Waals surface area contributed by atoms with Crippen LogP contribution in [0.25, 0.3) is 10.6 Å². The normalized spacial score (nSPS) is 18.8. The lowest BCUT2D eigenvalue weighted by Gasteiger charge is -2.32. The van der Waals surface area contributed by atoms with E-state index in [1.807, 2.05) is 12.3 Å². The van der Waals surface area contributed by atoms with Crippen LogP contribution in [0.5, 0.6) is 0 Å². The van der Waals surface area contributed by atoms with Crippen molar-refractivity contribution in [3.05, 3.63) is 47.4 Å². The molecule has 0 aliphatic carbocycles. The molecule has 124 valence electrons. The number of aromatic nitrogens is 4. The molecule has 24 heavy (non-hydrogen) atoms. The molecule has 3 aromatic rings. The highest BCUT2D eigenvalue weighted by Gasteiger charge is 2.26. The zero-order chi connectivity index (χ0) is 16.4. The molecule has 0 amide bonds. The highest BCUT2D eigenvalue weighted by atomic mass is 32.1. The van der Waals surface area contributed by atoms with Crippen LogP contribution in [-0.4, -0.2) is 44.8 Å². The number of morpholine rings is 1. The van der Waals surface area contributed by atoms with Gasteiger partial charge in [-0.15, -0.1) is 11.3 Å². The molecule has 1 saturated heterocycles. The van der Waals surface area contributed by atoms with Crippen molar-refractivity contribution < 1.29 is 4.74 Å². The van der Waals surface area contributed by atoms with Gasteiger partial charge in [-0.1, -0.05) is 6.07 Å². The Morgan fingerprint density at radius 2 is 2.29 bits per heavy atom. The number of rotatable bonds is 4. The number of anilines is 1. The van der Waals surface area contributed by atoms with E-state index in [-0.39, 0.29) is 6.10 Å². The Bertz CT molecular complexity index is 803. The van der Waals surface area contributed by atoms with Crippen LogP contribution in [0.2, 0.25) is 0 Å². The molecule has 4 rings (SSSR count). The third-order valence-corrected chi connectivity index (χ3v) is 4.98. The molecule has 7 nitrogen and oxygen atoms in total. The predicted octanol–water partition coefficient (Wildman–Crippen LogP) is 2.08. The second-order valence-corrected chi connectivity index (χ2v) is 6.62. The Hall–Kier alpha value is -2.29. The van der Waals surface area contributed by atoms with Crippen molar-refractivity contribution in [3.8, 4) is 10.6 Å². The molecule has 0 radical (unpaired) electrons. The fraction of sp³-hybridized carbons (Fsp3) is 0.312. The van der Waals surface area contributed by atoms with Crippen LogP contribution in [-0.2, 0) is 11.3 Å². The maximum absolute atomic E-state index is 5.94. The monoisotopic (exact) mass is 342 g/mol. The van der Waals surface area contributed by atoms with Gasteiger partial charge in [-0.25, -0.2) is 4.98 Å². The van der Waals surface area contributed by atoms with Crippen molar-refractivity contribution in [1.82, 2.24) is 25.1 Å². The Morgan fingerprint density at radius 1 is 1.38 bits per heavy atom. The predicted molar refractivity (Wildman–Crippen MR) is 92.3 cm³/mol. The zero-order valence-electron chi connectivity index (χ0n) is 13.1. The van der Waals surface area contributed by atoms with Crippen molar-refractivity contribution in [2.24, 2.45) is 0 Å². The summed E-state index contributed by atoms with van der Waals surface area (Å²) in [6.07, 6.45) is 5.00. The Morgan fingerprint density at radius 3 is 3.12 bits per heavy atom. The quantitative estimate of drug-likeness (QED) is 0.754. The van der Waals surface area contributed by atoms with E-state index in [4.69, 9.17) is 10.5 Å². The van der Waals surface area contributed by atoms with Gasteiger partial charge >= 0.3 is 0 Å². The van der Waals surface area contributed by atoms with Crippen LogP contribution in [0.4, 0.5) is 5.82 Å². The summed E-state index contributed by atoms with van der Waals surface area (Å²) >= 11 is 1.71. The topological polar surface area (TPSA) is 93.0 Å². The number of nitrogens with two attached hydrogens (primary N) is 1. The third-order valence-electron chi connectivity index (χ3n) is 4.09. The van der Waals surface area contributed by atoms with E-state index in [9.17, 15) is 0 Å². The number of nitrogens with one attached hydrogen (secondary N) is 1. The first-order chi connectivity index (χ1) is 11.8. The minimum atomic E-state index is -0.149. The first-order valence-corrected chi connectivity index (χ1v) is 8.65. The molecule has 0 saturated carbocycles. The molecule has 1 unspecified atom stereocenters. The summed E-state index contributed by atoms with van der Waals surface area (Å²) in [6.45, 7) is 3.06. The lowest BCUT2D eigenvalue weighted by molar-refractivity contribution is -0.0346. The second kappa shape index (κ2) is 6.68. The first kappa shape index (κ1) is 15.3. The van der Waals surface area contributed by atoms with E-state index in [0.717, 1.165) is 25.3 Å². The van der Waals surface area contributed by atoms with Gasteiger partial charge in [-0.3, -0.25) is 15.0 Å². The van der Waals surface area contributed by atoms with Gasteiger partial charge in [0.2, 0.25) is 0 Å². The molecule has 3 N–H and O–H groups in total. The van der Waals surface area contributed by atoms with Gasteiger partial charge in [0.1, 0.15) is 17.6 Å². The van der Waals surface area contributed by atoms with Gasteiger partial charge in [-0.2, -0.15) is 5.10 Å². The summed E-state index contributed by atoms with van der Waals surface area (Å²) in [4.78, 5) is 12.0. The average molecular weight is 342 g/mol. The zero-order valence-corrected chi connectivity index (χ0v) is 13.9. The van der Waals surface area contributed by atoms with Gasteiger partial charge in [-0.05, 0) is 11.4 Å². The van der Waals surface area contributed by atoms with E-state index < -0.39 is 0 Å². The van der Waals surface area contributed by atoms with Crippen LogP contribution in [0, 0.1) is 0 Å². The molecule has 8 heteroatoms. The van der Waals surface area contributed by atoms with Crippen molar-refractivity contribution in [1.29, 1.82) is 0 Å². The van der Waals surface area contributed by atoms with Crippen LogP contribution < -0.4 is 5.73 Å². The highest BCUT2D eigenvalue weighted by molar-refractivity contribution is 7.13. The van der Waals surface area contributed by atoms with Gasteiger partial charge in [0.15, 0.2) is 0 Å². The number of nitrogens with zero attached hydrogens (tertiary/aromatic N) is 4. The van der Waals surface area contributed by atoms with Crippen molar-refractivity contribution in [3.63, 3.8) is 0 Å². The molecule has 1 aliphatic rings. The Balaban J connectivity index is 1.50. The molecule has 0 aromatic carbocycles. The lowest BCUT2D eigenvalue weighted by Crippen LogP contribution is -2.38. The molecular weight excluding hydrogens is 324 g/mol. The largest absolute Gasteiger partial charge is 0.382 e. The summed E-state index contributed by atoms with van der Waals surface area (Å²) in [5, 5.41) is 9.40. The number of hydrogen-bond acceptors (Lipinski definition) is 7.